The average Bonchev–Trinajstić information content (AvgIpc) is 2.82. The smallest absolute Gasteiger partial charge is 0.247 e. The summed E-state index contributed by atoms with van der Waals surface area (Å²) in [5.74, 6) is -0.0135. The van der Waals surface area contributed by atoms with Gasteiger partial charge in [-0.2, -0.15) is 0 Å². The summed E-state index contributed by atoms with van der Waals surface area (Å²) in [7, 11) is 3.16. The number of benzene rings is 1. The van der Waals surface area contributed by atoms with Gasteiger partial charge in [0, 0.05) is 20.3 Å². The van der Waals surface area contributed by atoms with Gasteiger partial charge in [0.15, 0.2) is 6.29 Å². The van der Waals surface area contributed by atoms with Crippen LogP contribution in [-0.4, -0.2) is 37.4 Å². The summed E-state index contributed by atoms with van der Waals surface area (Å²) >= 11 is 0. The van der Waals surface area contributed by atoms with Crippen molar-refractivity contribution in [1.29, 1.82) is 0 Å². The van der Waals surface area contributed by atoms with Gasteiger partial charge < -0.3 is 14.4 Å². The van der Waals surface area contributed by atoms with Crippen molar-refractivity contribution in [2.24, 2.45) is 0 Å². The minimum atomic E-state index is -0.450. The SMILES string of the molecule is COC(OC)[C@H]1C=CC(=O)N1[C@H](C)c1ccccc1. The van der Waals surface area contributed by atoms with Crippen LogP contribution in [0.3, 0.4) is 0 Å². The van der Waals surface area contributed by atoms with Crippen LogP contribution in [0.25, 0.3) is 0 Å². The lowest BCUT2D eigenvalue weighted by atomic mass is 10.1. The van der Waals surface area contributed by atoms with E-state index in [1.165, 1.54) is 0 Å². The first-order valence-electron chi connectivity index (χ1n) is 6.30. The Morgan fingerprint density at radius 1 is 1.16 bits per heavy atom. The number of carbonyl (C=O) groups excluding carboxylic acids is 1. The van der Waals surface area contributed by atoms with Crippen molar-refractivity contribution in [1.82, 2.24) is 4.90 Å². The van der Waals surface area contributed by atoms with Crippen LogP contribution >= 0.6 is 0 Å². The van der Waals surface area contributed by atoms with Crippen LogP contribution < -0.4 is 0 Å². The molecule has 1 aliphatic rings. The van der Waals surface area contributed by atoms with Crippen LogP contribution in [0.2, 0.25) is 0 Å². The Labute approximate surface area is 113 Å². The number of hydrogen-bond donors (Lipinski definition) is 0. The van der Waals surface area contributed by atoms with Gasteiger partial charge in [-0.25, -0.2) is 0 Å². The molecule has 1 heterocycles. The van der Waals surface area contributed by atoms with Crippen molar-refractivity contribution >= 4 is 5.91 Å². The average molecular weight is 261 g/mol. The molecule has 4 nitrogen and oxygen atoms in total. The topological polar surface area (TPSA) is 38.8 Å². The summed E-state index contributed by atoms with van der Waals surface area (Å²) in [5, 5.41) is 0. The van der Waals surface area contributed by atoms with E-state index in [0.29, 0.717) is 0 Å². The quantitative estimate of drug-likeness (QED) is 0.762. The van der Waals surface area contributed by atoms with Crippen LogP contribution in [-0.2, 0) is 14.3 Å². The highest BCUT2D eigenvalue weighted by atomic mass is 16.7. The summed E-state index contributed by atoms with van der Waals surface area (Å²) < 4.78 is 10.6. The monoisotopic (exact) mass is 261 g/mol. The van der Waals surface area contributed by atoms with Crippen LogP contribution in [0, 0.1) is 0 Å². The van der Waals surface area contributed by atoms with E-state index in [0.717, 1.165) is 5.56 Å². The fourth-order valence-electron chi connectivity index (χ4n) is 2.44. The Balaban J connectivity index is 2.23. The number of ether oxygens (including phenoxy) is 2. The van der Waals surface area contributed by atoms with Crippen molar-refractivity contribution in [3.8, 4) is 0 Å². The molecule has 4 heteroatoms. The molecule has 1 aromatic rings. The maximum absolute atomic E-state index is 12.1. The molecule has 0 spiro atoms. The van der Waals surface area contributed by atoms with E-state index < -0.39 is 6.29 Å². The minimum Gasteiger partial charge on any atom is -0.353 e. The molecule has 1 amide bonds. The molecule has 0 saturated carbocycles. The molecule has 0 unspecified atom stereocenters. The van der Waals surface area contributed by atoms with Gasteiger partial charge in [0.1, 0.15) is 6.04 Å². The second-order valence-electron chi connectivity index (χ2n) is 4.52. The third-order valence-electron chi connectivity index (χ3n) is 3.45. The number of nitrogens with zero attached hydrogens (tertiary/aromatic N) is 1. The zero-order valence-corrected chi connectivity index (χ0v) is 11.4. The van der Waals surface area contributed by atoms with E-state index in [2.05, 4.69) is 0 Å². The van der Waals surface area contributed by atoms with Crippen molar-refractivity contribution in [3.63, 3.8) is 0 Å². The van der Waals surface area contributed by atoms with Crippen molar-refractivity contribution < 1.29 is 14.3 Å². The zero-order chi connectivity index (χ0) is 13.8. The third kappa shape index (κ3) is 2.69. The molecular weight excluding hydrogens is 242 g/mol. The zero-order valence-electron chi connectivity index (χ0n) is 11.4. The van der Waals surface area contributed by atoms with E-state index in [9.17, 15) is 4.79 Å². The number of carbonyl (C=O) groups is 1. The van der Waals surface area contributed by atoms with Crippen molar-refractivity contribution in [2.45, 2.75) is 25.3 Å². The van der Waals surface area contributed by atoms with Gasteiger partial charge in [0.25, 0.3) is 0 Å². The maximum atomic E-state index is 12.1. The van der Waals surface area contributed by atoms with E-state index in [4.69, 9.17) is 9.47 Å². The second kappa shape index (κ2) is 5.99. The molecule has 102 valence electrons. The van der Waals surface area contributed by atoms with E-state index in [-0.39, 0.29) is 18.0 Å². The van der Waals surface area contributed by atoms with Crippen molar-refractivity contribution in [3.05, 3.63) is 48.0 Å². The van der Waals surface area contributed by atoms with Gasteiger partial charge in [-0.1, -0.05) is 36.4 Å². The molecule has 0 bridgehead atoms. The van der Waals surface area contributed by atoms with E-state index in [1.54, 1.807) is 25.2 Å². The lowest BCUT2D eigenvalue weighted by molar-refractivity contribution is -0.153. The third-order valence-corrected chi connectivity index (χ3v) is 3.45. The molecular formula is C15H19NO3. The van der Waals surface area contributed by atoms with Gasteiger partial charge >= 0.3 is 0 Å². The number of rotatable bonds is 5. The largest absolute Gasteiger partial charge is 0.353 e. The van der Waals surface area contributed by atoms with Gasteiger partial charge in [-0.15, -0.1) is 0 Å². The number of amides is 1. The molecule has 0 aromatic heterocycles. The first-order chi connectivity index (χ1) is 9.19. The Morgan fingerprint density at radius 3 is 2.37 bits per heavy atom. The van der Waals surface area contributed by atoms with Crippen LogP contribution in [0.4, 0.5) is 0 Å². The van der Waals surface area contributed by atoms with Gasteiger partial charge in [0.2, 0.25) is 5.91 Å². The Morgan fingerprint density at radius 2 is 1.79 bits per heavy atom. The molecule has 0 saturated heterocycles. The van der Waals surface area contributed by atoms with E-state index in [1.807, 2.05) is 43.3 Å². The summed E-state index contributed by atoms with van der Waals surface area (Å²) in [6, 6.07) is 9.71. The predicted molar refractivity (Wildman–Crippen MR) is 72.4 cm³/mol. The van der Waals surface area contributed by atoms with Crippen molar-refractivity contribution in [2.75, 3.05) is 14.2 Å². The number of hydrogen-bond acceptors (Lipinski definition) is 3. The summed E-state index contributed by atoms with van der Waals surface area (Å²) in [5.41, 5.74) is 1.09. The molecule has 0 fully saturated rings. The van der Waals surface area contributed by atoms with Crippen LogP contribution in [0.15, 0.2) is 42.5 Å². The molecule has 0 radical (unpaired) electrons. The first-order valence-corrected chi connectivity index (χ1v) is 6.30. The fourth-order valence-corrected chi connectivity index (χ4v) is 2.44. The maximum Gasteiger partial charge on any atom is 0.247 e. The summed E-state index contributed by atoms with van der Waals surface area (Å²) in [6.45, 7) is 2.01. The van der Waals surface area contributed by atoms with Gasteiger partial charge in [-0.05, 0) is 12.5 Å². The lowest BCUT2D eigenvalue weighted by Crippen LogP contribution is -2.44. The summed E-state index contributed by atoms with van der Waals surface area (Å²) in [6.07, 6.45) is 2.96. The first kappa shape index (κ1) is 13.8. The molecule has 1 aromatic carbocycles. The molecule has 19 heavy (non-hydrogen) atoms. The molecule has 2 atom stereocenters. The Kier molecular flexibility index (Phi) is 4.35. The lowest BCUT2D eigenvalue weighted by Gasteiger charge is -2.34. The standard InChI is InChI=1S/C15H19NO3/c1-11(12-7-5-4-6-8-12)16-13(9-10-14(16)17)15(18-2)19-3/h4-11,13,15H,1-3H3/t11-,13-/m1/s1. The highest BCUT2D eigenvalue weighted by Crippen LogP contribution is 2.28. The second-order valence-corrected chi connectivity index (χ2v) is 4.52. The summed E-state index contributed by atoms with van der Waals surface area (Å²) in [4.78, 5) is 13.8. The van der Waals surface area contributed by atoms with E-state index >= 15 is 0 Å². The molecule has 0 N–H and O–H groups in total. The normalized spacial score (nSPS) is 20.3. The highest BCUT2D eigenvalue weighted by Gasteiger charge is 2.36. The Bertz CT molecular complexity index is 454. The van der Waals surface area contributed by atoms with Gasteiger partial charge in [0.05, 0.1) is 6.04 Å². The minimum absolute atomic E-state index is 0.0135. The van der Waals surface area contributed by atoms with Crippen LogP contribution in [0.1, 0.15) is 18.5 Å². The highest BCUT2D eigenvalue weighted by molar-refractivity contribution is 5.91. The van der Waals surface area contributed by atoms with Crippen LogP contribution in [0.5, 0.6) is 0 Å². The fraction of sp³-hybridized carbons (Fsp3) is 0.400. The van der Waals surface area contributed by atoms with Gasteiger partial charge in [-0.3, -0.25) is 4.79 Å². The molecule has 1 aliphatic heterocycles. The predicted octanol–water partition coefficient (Wildman–Crippen LogP) is 2.13. The number of methoxy groups -OCH3 is 2. The molecule has 0 aliphatic carbocycles. The molecule has 2 rings (SSSR count). The Hall–Kier alpha value is -1.65.